The highest BCUT2D eigenvalue weighted by Crippen LogP contribution is 2.46. The van der Waals surface area contributed by atoms with Crippen molar-refractivity contribution in [3.05, 3.63) is 48.8 Å². The van der Waals surface area contributed by atoms with Crippen molar-refractivity contribution >= 4 is 36.6 Å². The Kier molecular flexibility index (Phi) is 8.35. The van der Waals surface area contributed by atoms with Crippen LogP contribution in [-0.2, 0) is 18.6 Å². The van der Waals surface area contributed by atoms with Crippen LogP contribution in [0.5, 0.6) is 5.75 Å². The highest BCUT2D eigenvalue weighted by Gasteiger charge is 2.34. The number of carbonyl (C=O) groups is 1. The van der Waals surface area contributed by atoms with Gasteiger partial charge in [-0.15, -0.1) is 0 Å². The van der Waals surface area contributed by atoms with Gasteiger partial charge in [-0.1, -0.05) is 30.4 Å². The van der Waals surface area contributed by atoms with Crippen molar-refractivity contribution in [2.24, 2.45) is 5.92 Å². The maximum absolute atomic E-state index is 13.7. The number of allylic oxidation sites excluding steroid dienone is 1. The second kappa shape index (κ2) is 11.5. The van der Waals surface area contributed by atoms with E-state index in [-0.39, 0.29) is 30.6 Å². The van der Waals surface area contributed by atoms with E-state index in [4.69, 9.17) is 19.5 Å². The fraction of sp³-hybridized carbons (Fsp3) is 0.440. The van der Waals surface area contributed by atoms with Crippen molar-refractivity contribution in [3.63, 3.8) is 0 Å². The van der Waals surface area contributed by atoms with E-state index >= 15 is 0 Å². The summed E-state index contributed by atoms with van der Waals surface area (Å²) in [7, 11) is -0.194. The molecule has 0 unspecified atom stereocenters. The minimum Gasteiger partial charge on any atom is -0.462 e. The van der Waals surface area contributed by atoms with E-state index in [0.29, 0.717) is 29.2 Å². The van der Waals surface area contributed by atoms with Gasteiger partial charge in [0.05, 0.1) is 25.1 Å². The van der Waals surface area contributed by atoms with Gasteiger partial charge in [-0.3, -0.25) is 9.32 Å². The molecule has 12 nitrogen and oxygen atoms in total. The van der Waals surface area contributed by atoms with Crippen molar-refractivity contribution in [2.45, 2.75) is 45.4 Å². The topological polar surface area (TPSA) is 147 Å². The van der Waals surface area contributed by atoms with Crippen molar-refractivity contribution in [1.82, 2.24) is 24.6 Å². The minimum absolute atomic E-state index is 0.0553. The molecule has 1 aromatic carbocycles. The average Bonchev–Trinajstić information content (AvgIpc) is 3.49. The molecule has 0 bridgehead atoms. The number of fused-ring (bicyclic) bond motifs is 1. The van der Waals surface area contributed by atoms with E-state index in [2.05, 4.69) is 20.0 Å². The van der Waals surface area contributed by atoms with Crippen molar-refractivity contribution in [3.8, 4) is 5.75 Å². The smallest absolute Gasteiger partial charge is 0.459 e. The first-order chi connectivity index (χ1) is 18.0. The van der Waals surface area contributed by atoms with Crippen LogP contribution in [0, 0.1) is 5.92 Å². The van der Waals surface area contributed by atoms with Crippen LogP contribution in [0.25, 0.3) is 11.2 Å². The Bertz CT molecular complexity index is 1340. The van der Waals surface area contributed by atoms with E-state index in [1.165, 1.54) is 0 Å². The molecule has 3 N–H and O–H groups in total. The van der Waals surface area contributed by atoms with Gasteiger partial charge >= 0.3 is 13.7 Å². The van der Waals surface area contributed by atoms with Gasteiger partial charge in [0.1, 0.15) is 11.8 Å². The number of nitrogens with one attached hydrogen (secondary N) is 1. The number of anilines is 2. The van der Waals surface area contributed by atoms with Crippen LogP contribution < -0.4 is 20.2 Å². The van der Waals surface area contributed by atoms with E-state index in [0.717, 1.165) is 0 Å². The average molecular weight is 544 g/mol. The maximum atomic E-state index is 13.7. The molecule has 0 saturated heterocycles. The molecule has 1 aliphatic carbocycles. The summed E-state index contributed by atoms with van der Waals surface area (Å²) in [4.78, 5) is 27.4. The van der Waals surface area contributed by atoms with Gasteiger partial charge in [0.25, 0.3) is 0 Å². The third-order valence-corrected chi connectivity index (χ3v) is 7.48. The predicted molar refractivity (Wildman–Crippen MR) is 145 cm³/mol. The van der Waals surface area contributed by atoms with Crippen LogP contribution in [0.2, 0.25) is 0 Å². The molecular formula is C25H34N7O5P. The number of para-hydroxylation sites is 1. The third kappa shape index (κ3) is 6.50. The number of esters is 1. The summed E-state index contributed by atoms with van der Waals surface area (Å²) in [5, 5.41) is 2.72. The van der Waals surface area contributed by atoms with Gasteiger partial charge in [-0.05, 0) is 39.3 Å². The lowest BCUT2D eigenvalue weighted by Gasteiger charge is -2.24. The number of hydrogen-bond acceptors (Lipinski definition) is 10. The quantitative estimate of drug-likeness (QED) is 0.207. The second-order valence-corrected chi connectivity index (χ2v) is 11.3. The number of hydrogen-bond donors (Lipinski definition) is 2. The number of ether oxygens (including phenoxy) is 1. The summed E-state index contributed by atoms with van der Waals surface area (Å²) in [5.74, 6) is 0.541. The maximum Gasteiger partial charge on any atom is 0.459 e. The van der Waals surface area contributed by atoms with Crippen LogP contribution in [0.4, 0.5) is 11.8 Å². The summed E-state index contributed by atoms with van der Waals surface area (Å²) < 4.78 is 32.5. The SMILES string of the molecule is CC(C)OC(=O)[C@H](C)N[P@@](=O)(OC[C@@H]1C=C[C@H](n2cnc3c(N(C)C)nc(N)nc32)C1)Oc1ccccc1. The van der Waals surface area contributed by atoms with Crippen LogP contribution in [0.1, 0.15) is 33.2 Å². The zero-order valence-electron chi connectivity index (χ0n) is 22.1. The number of nitrogen functional groups attached to an aromatic ring is 1. The van der Waals surface area contributed by atoms with Gasteiger partial charge in [-0.2, -0.15) is 15.1 Å². The second-order valence-electron chi connectivity index (χ2n) is 9.61. The van der Waals surface area contributed by atoms with E-state index in [1.54, 1.807) is 51.4 Å². The van der Waals surface area contributed by atoms with Gasteiger partial charge in [-0.25, -0.2) is 9.55 Å². The van der Waals surface area contributed by atoms with Crippen molar-refractivity contribution in [2.75, 3.05) is 31.3 Å². The highest BCUT2D eigenvalue weighted by atomic mass is 31.2. The Morgan fingerprint density at radius 2 is 1.95 bits per heavy atom. The van der Waals surface area contributed by atoms with E-state index < -0.39 is 19.8 Å². The molecule has 2 heterocycles. The minimum atomic E-state index is -3.94. The van der Waals surface area contributed by atoms with Gasteiger partial charge in [0, 0.05) is 20.0 Å². The Morgan fingerprint density at radius 1 is 1.21 bits per heavy atom. The molecule has 0 saturated carbocycles. The van der Waals surface area contributed by atoms with Gasteiger partial charge in [0.2, 0.25) is 5.95 Å². The summed E-state index contributed by atoms with van der Waals surface area (Å²) >= 11 is 0. The molecule has 0 fully saturated rings. The first-order valence-corrected chi connectivity index (χ1v) is 13.9. The summed E-state index contributed by atoms with van der Waals surface area (Å²) in [6, 6.07) is 7.70. The molecule has 0 aliphatic heterocycles. The Balaban J connectivity index is 1.46. The number of benzene rings is 1. The number of rotatable bonds is 11. The molecule has 1 aliphatic rings. The lowest BCUT2D eigenvalue weighted by atomic mass is 10.1. The van der Waals surface area contributed by atoms with Crippen molar-refractivity contribution in [1.29, 1.82) is 0 Å². The van der Waals surface area contributed by atoms with Crippen LogP contribution >= 0.6 is 7.75 Å². The molecule has 204 valence electrons. The highest BCUT2D eigenvalue weighted by molar-refractivity contribution is 7.52. The molecule has 4 rings (SSSR count). The number of nitrogens with two attached hydrogens (primary N) is 1. The first kappa shape index (κ1) is 27.6. The first-order valence-electron chi connectivity index (χ1n) is 12.4. The fourth-order valence-corrected chi connectivity index (χ4v) is 5.63. The molecular weight excluding hydrogens is 509 g/mol. The zero-order valence-corrected chi connectivity index (χ0v) is 23.0. The number of imidazole rings is 1. The number of aromatic nitrogens is 4. The molecule has 0 spiro atoms. The molecule has 38 heavy (non-hydrogen) atoms. The monoisotopic (exact) mass is 543 g/mol. The molecule has 4 atom stereocenters. The van der Waals surface area contributed by atoms with E-state index in [9.17, 15) is 9.36 Å². The van der Waals surface area contributed by atoms with Crippen molar-refractivity contribution < 1.29 is 23.1 Å². The van der Waals surface area contributed by atoms with E-state index in [1.807, 2.05) is 41.8 Å². The lowest BCUT2D eigenvalue weighted by Crippen LogP contribution is -2.36. The molecule has 0 amide bonds. The van der Waals surface area contributed by atoms with Crippen LogP contribution in [-0.4, -0.2) is 58.3 Å². The Labute approximate surface area is 221 Å². The van der Waals surface area contributed by atoms with Crippen LogP contribution in [0.15, 0.2) is 48.8 Å². The normalized spacial score (nSPS) is 19.4. The Morgan fingerprint density at radius 3 is 2.63 bits per heavy atom. The zero-order chi connectivity index (χ0) is 27.4. The number of nitrogens with zero attached hydrogens (tertiary/aromatic N) is 5. The Hall–Kier alpha value is -3.47. The fourth-order valence-electron chi connectivity index (χ4n) is 4.08. The predicted octanol–water partition coefficient (Wildman–Crippen LogP) is 3.73. The largest absolute Gasteiger partial charge is 0.462 e. The number of carbonyl (C=O) groups excluding carboxylic acids is 1. The van der Waals surface area contributed by atoms with Crippen LogP contribution in [0.3, 0.4) is 0 Å². The summed E-state index contributed by atoms with van der Waals surface area (Å²) in [6.07, 6.45) is 6.09. The molecule has 2 aromatic heterocycles. The summed E-state index contributed by atoms with van der Waals surface area (Å²) in [6.45, 7) is 5.15. The molecule has 13 heteroatoms. The molecule has 0 radical (unpaired) electrons. The third-order valence-electron chi connectivity index (χ3n) is 5.84. The summed E-state index contributed by atoms with van der Waals surface area (Å²) in [5.41, 5.74) is 7.24. The van der Waals surface area contributed by atoms with Gasteiger partial charge in [0.15, 0.2) is 17.0 Å². The lowest BCUT2D eigenvalue weighted by molar-refractivity contribution is -0.149. The molecule has 3 aromatic rings. The standard InChI is InChI=1S/C25H34N7O5P/c1-16(2)36-24(33)17(3)30-38(34,37-20-9-7-6-8-10-20)35-14-18-11-12-19(13-18)32-15-27-21-22(31(4)5)28-25(26)29-23(21)32/h6-12,15-19H,13-14H2,1-5H3,(H,30,34)(H2,26,28,29)/t17-,18+,19-,38+/m0/s1. The van der Waals surface area contributed by atoms with Gasteiger partial charge < -0.3 is 24.5 Å².